The molecule has 0 radical (unpaired) electrons. The van der Waals surface area contributed by atoms with Crippen LogP contribution in [0, 0.1) is 5.92 Å². The zero-order chi connectivity index (χ0) is 11.0. The van der Waals surface area contributed by atoms with Crippen molar-refractivity contribution in [3.8, 4) is 0 Å². The number of hydrogen-bond donors (Lipinski definition) is 1. The first-order valence-corrected chi connectivity index (χ1v) is 6.03. The van der Waals surface area contributed by atoms with Crippen LogP contribution < -0.4 is 0 Å². The van der Waals surface area contributed by atoms with Crippen LogP contribution in [0.4, 0.5) is 0 Å². The summed E-state index contributed by atoms with van der Waals surface area (Å²) >= 11 is 1.70. The number of esters is 1. The lowest BCUT2D eigenvalue weighted by Gasteiger charge is -2.12. The highest BCUT2D eigenvalue weighted by Crippen LogP contribution is 2.17. The second-order valence-electron chi connectivity index (χ2n) is 3.44. The number of carbonyl (C=O) groups is 1. The number of thioether (sulfide) groups is 1. The van der Waals surface area contributed by atoms with Crippen LogP contribution >= 0.6 is 11.8 Å². The van der Waals surface area contributed by atoms with Gasteiger partial charge in [0, 0.05) is 11.9 Å². The molecule has 0 aromatic rings. The van der Waals surface area contributed by atoms with E-state index in [1.165, 1.54) is 0 Å². The molecule has 4 heteroatoms. The van der Waals surface area contributed by atoms with Crippen molar-refractivity contribution in [2.24, 2.45) is 5.92 Å². The molecule has 0 rings (SSSR count). The first-order chi connectivity index (χ1) is 6.60. The Balaban J connectivity index is 3.54. The van der Waals surface area contributed by atoms with E-state index in [1.807, 2.05) is 20.8 Å². The lowest BCUT2D eigenvalue weighted by atomic mass is 10.2. The van der Waals surface area contributed by atoms with Crippen LogP contribution in [-0.4, -0.2) is 35.3 Å². The summed E-state index contributed by atoms with van der Waals surface area (Å²) in [6.07, 6.45) is 0.455. The number of hydrogen-bond acceptors (Lipinski definition) is 4. The summed E-state index contributed by atoms with van der Waals surface area (Å²) < 4.78 is 4.84. The van der Waals surface area contributed by atoms with Gasteiger partial charge in [0.05, 0.1) is 13.0 Å². The molecule has 0 saturated heterocycles. The van der Waals surface area contributed by atoms with Crippen molar-refractivity contribution in [3.05, 3.63) is 0 Å². The molecule has 0 aromatic carbocycles. The molecule has 0 aromatic heterocycles. The molecule has 0 amide bonds. The lowest BCUT2D eigenvalue weighted by Crippen LogP contribution is -2.13. The molecule has 0 bridgehead atoms. The smallest absolute Gasteiger partial charge is 0.306 e. The van der Waals surface area contributed by atoms with Crippen molar-refractivity contribution < 1.29 is 14.6 Å². The molecule has 0 heterocycles. The summed E-state index contributed by atoms with van der Waals surface area (Å²) in [5.41, 5.74) is 0. The summed E-state index contributed by atoms with van der Waals surface area (Å²) in [6, 6.07) is 0. The number of aliphatic hydroxyl groups is 1. The molecule has 2 atom stereocenters. The summed E-state index contributed by atoms with van der Waals surface area (Å²) in [6.45, 7) is 6.46. The molecule has 0 saturated carbocycles. The average Bonchev–Trinajstić information content (AvgIpc) is 2.14. The van der Waals surface area contributed by atoms with Gasteiger partial charge in [-0.2, -0.15) is 11.8 Å². The Kier molecular flexibility index (Phi) is 7.99. The van der Waals surface area contributed by atoms with Gasteiger partial charge in [0.15, 0.2) is 0 Å². The Labute approximate surface area is 90.2 Å². The summed E-state index contributed by atoms with van der Waals surface area (Å²) in [7, 11) is 0. The molecule has 3 nitrogen and oxygen atoms in total. The van der Waals surface area contributed by atoms with Crippen LogP contribution in [0.3, 0.4) is 0 Å². The molecule has 1 N–H and O–H groups in total. The Morgan fingerprint density at radius 1 is 1.50 bits per heavy atom. The maximum Gasteiger partial charge on any atom is 0.306 e. The van der Waals surface area contributed by atoms with Crippen molar-refractivity contribution in [1.29, 1.82) is 0 Å². The molecule has 0 aliphatic heterocycles. The second kappa shape index (κ2) is 8.12. The summed E-state index contributed by atoms with van der Waals surface area (Å²) in [5, 5.41) is 9.08. The fourth-order valence-corrected chi connectivity index (χ4v) is 1.91. The molecule has 84 valence electrons. The molecular formula is C10H20O3S. The maximum absolute atomic E-state index is 11.1. The van der Waals surface area contributed by atoms with Crippen LogP contribution in [-0.2, 0) is 9.53 Å². The first-order valence-electron chi connectivity index (χ1n) is 4.98. The zero-order valence-electron chi connectivity index (χ0n) is 9.16. The zero-order valence-corrected chi connectivity index (χ0v) is 9.97. The Morgan fingerprint density at radius 3 is 2.64 bits per heavy atom. The van der Waals surface area contributed by atoms with Crippen LogP contribution in [0.5, 0.6) is 0 Å². The van der Waals surface area contributed by atoms with Gasteiger partial charge in [-0.1, -0.05) is 13.8 Å². The number of carbonyl (C=O) groups excluding carboxylic acids is 1. The molecule has 0 fully saturated rings. The van der Waals surface area contributed by atoms with E-state index in [0.29, 0.717) is 18.9 Å². The third-order valence-corrected chi connectivity index (χ3v) is 3.23. The first kappa shape index (κ1) is 13.8. The molecule has 14 heavy (non-hydrogen) atoms. The van der Waals surface area contributed by atoms with Crippen LogP contribution in [0.15, 0.2) is 0 Å². The number of rotatable bonds is 7. The number of ether oxygens (including phenoxy) is 1. The minimum Gasteiger partial charge on any atom is -0.466 e. The predicted octanol–water partition coefficient (Wildman–Crippen LogP) is 1.69. The minimum atomic E-state index is -0.135. The van der Waals surface area contributed by atoms with Gasteiger partial charge in [-0.25, -0.2) is 0 Å². The maximum atomic E-state index is 11.1. The van der Waals surface area contributed by atoms with E-state index < -0.39 is 0 Å². The normalized spacial score (nSPS) is 14.9. The Hall–Kier alpha value is -0.220. The standard InChI is InChI=1S/C10H20O3S/c1-4-13-10(12)5-9(3)14-7-8(2)6-11/h8-9,11H,4-7H2,1-3H3. The molecular weight excluding hydrogens is 200 g/mol. The van der Waals surface area contributed by atoms with Crippen molar-refractivity contribution in [1.82, 2.24) is 0 Å². The van der Waals surface area contributed by atoms with E-state index in [0.717, 1.165) is 5.75 Å². The van der Waals surface area contributed by atoms with E-state index in [-0.39, 0.29) is 17.8 Å². The lowest BCUT2D eigenvalue weighted by molar-refractivity contribution is -0.142. The van der Waals surface area contributed by atoms with Gasteiger partial charge in [0.1, 0.15) is 0 Å². The van der Waals surface area contributed by atoms with Gasteiger partial charge < -0.3 is 9.84 Å². The Morgan fingerprint density at radius 2 is 2.14 bits per heavy atom. The third-order valence-electron chi connectivity index (χ3n) is 1.74. The molecule has 0 aliphatic carbocycles. The average molecular weight is 220 g/mol. The third kappa shape index (κ3) is 7.21. The highest BCUT2D eigenvalue weighted by molar-refractivity contribution is 7.99. The summed E-state index contributed by atoms with van der Waals surface area (Å²) in [5.74, 6) is 1.05. The van der Waals surface area contributed by atoms with E-state index in [4.69, 9.17) is 9.84 Å². The van der Waals surface area contributed by atoms with Gasteiger partial charge in [0.2, 0.25) is 0 Å². The monoisotopic (exact) mass is 220 g/mol. The van der Waals surface area contributed by atoms with Gasteiger partial charge in [-0.15, -0.1) is 0 Å². The quantitative estimate of drug-likeness (QED) is 0.663. The highest BCUT2D eigenvalue weighted by Gasteiger charge is 2.11. The molecule has 0 aliphatic rings. The molecule has 0 spiro atoms. The SMILES string of the molecule is CCOC(=O)CC(C)SCC(C)CO. The second-order valence-corrected chi connectivity index (χ2v) is 4.91. The van der Waals surface area contributed by atoms with Gasteiger partial charge >= 0.3 is 5.97 Å². The fourth-order valence-electron chi connectivity index (χ4n) is 0.895. The highest BCUT2D eigenvalue weighted by atomic mass is 32.2. The van der Waals surface area contributed by atoms with Crippen molar-refractivity contribution in [3.63, 3.8) is 0 Å². The van der Waals surface area contributed by atoms with Gasteiger partial charge in [-0.3, -0.25) is 4.79 Å². The van der Waals surface area contributed by atoms with Crippen molar-refractivity contribution >= 4 is 17.7 Å². The minimum absolute atomic E-state index is 0.135. The van der Waals surface area contributed by atoms with E-state index in [1.54, 1.807) is 11.8 Å². The molecule has 2 unspecified atom stereocenters. The van der Waals surface area contributed by atoms with E-state index >= 15 is 0 Å². The predicted molar refractivity (Wildman–Crippen MR) is 59.4 cm³/mol. The van der Waals surface area contributed by atoms with E-state index in [2.05, 4.69) is 0 Å². The van der Waals surface area contributed by atoms with Gasteiger partial charge in [0.25, 0.3) is 0 Å². The summed E-state index contributed by atoms with van der Waals surface area (Å²) in [4.78, 5) is 11.1. The van der Waals surface area contributed by atoms with E-state index in [9.17, 15) is 4.79 Å². The van der Waals surface area contributed by atoms with Crippen molar-refractivity contribution in [2.75, 3.05) is 19.0 Å². The number of aliphatic hydroxyl groups excluding tert-OH is 1. The topological polar surface area (TPSA) is 46.5 Å². The van der Waals surface area contributed by atoms with Crippen LogP contribution in [0.25, 0.3) is 0 Å². The van der Waals surface area contributed by atoms with Crippen molar-refractivity contribution in [2.45, 2.75) is 32.4 Å². The van der Waals surface area contributed by atoms with Crippen LogP contribution in [0.1, 0.15) is 27.2 Å². The Bertz CT molecular complexity index is 161. The van der Waals surface area contributed by atoms with Gasteiger partial charge in [-0.05, 0) is 18.6 Å². The fraction of sp³-hybridized carbons (Fsp3) is 0.900. The van der Waals surface area contributed by atoms with Crippen LogP contribution in [0.2, 0.25) is 0 Å². The largest absolute Gasteiger partial charge is 0.466 e.